The van der Waals surface area contributed by atoms with Gasteiger partial charge in [-0.1, -0.05) is 69.7 Å². The van der Waals surface area contributed by atoms with Crippen molar-refractivity contribution in [2.24, 2.45) is 45.8 Å². The summed E-state index contributed by atoms with van der Waals surface area (Å²) in [5, 5.41) is 10.5. The van der Waals surface area contributed by atoms with E-state index in [-0.39, 0.29) is 11.7 Å². The predicted octanol–water partition coefficient (Wildman–Crippen LogP) is 7.03. The zero-order valence-electron chi connectivity index (χ0n) is 27.8. The number of benzene rings is 1. The molecule has 7 aliphatic rings. The van der Waals surface area contributed by atoms with Crippen LogP contribution in [-0.2, 0) is 20.8 Å². The lowest BCUT2D eigenvalue weighted by atomic mass is 9.56. The van der Waals surface area contributed by atoms with E-state index in [1.54, 1.807) is 5.57 Å². The highest BCUT2D eigenvalue weighted by molar-refractivity contribution is 5.36. The Bertz CT molecular complexity index is 1250. The van der Waals surface area contributed by atoms with Crippen LogP contribution in [0.3, 0.4) is 0 Å². The van der Waals surface area contributed by atoms with E-state index in [2.05, 4.69) is 62.9 Å². The first-order chi connectivity index (χ1) is 21.2. The summed E-state index contributed by atoms with van der Waals surface area (Å²) in [4.78, 5) is 2.76. The number of aliphatic hydroxyl groups excluding tert-OH is 1. The Labute approximate surface area is 266 Å². The van der Waals surface area contributed by atoms with Crippen LogP contribution in [0.25, 0.3) is 0 Å². The molecule has 44 heavy (non-hydrogen) atoms. The minimum Gasteiger partial charge on any atom is -0.389 e. The average Bonchev–Trinajstić information content (AvgIpc) is 3.35. The number of rotatable bonds is 8. The Morgan fingerprint density at radius 1 is 0.977 bits per heavy atom. The van der Waals surface area contributed by atoms with E-state index in [0.717, 1.165) is 43.9 Å². The number of ether oxygens (including phenoxy) is 3. The molecule has 3 unspecified atom stereocenters. The number of nitrogens with zero attached hydrogens (tertiary/aromatic N) is 1. The van der Waals surface area contributed by atoms with E-state index in [9.17, 15) is 5.11 Å². The summed E-state index contributed by atoms with van der Waals surface area (Å²) < 4.78 is 19.5. The van der Waals surface area contributed by atoms with Gasteiger partial charge in [-0.05, 0) is 97.9 Å². The quantitative estimate of drug-likeness (QED) is 0.256. The van der Waals surface area contributed by atoms with Crippen molar-refractivity contribution in [3.05, 3.63) is 47.5 Å². The molecule has 5 aliphatic carbocycles. The molecule has 5 heteroatoms. The summed E-state index contributed by atoms with van der Waals surface area (Å²) in [6.45, 7) is 15.1. The third-order valence-corrected chi connectivity index (χ3v) is 15.0. The number of likely N-dealkylation sites (tertiary alicyclic amines) is 1. The Kier molecular flexibility index (Phi) is 7.46. The van der Waals surface area contributed by atoms with Crippen molar-refractivity contribution in [2.75, 3.05) is 32.9 Å². The van der Waals surface area contributed by atoms with Gasteiger partial charge in [-0.25, -0.2) is 0 Å². The highest BCUT2D eigenvalue weighted by atomic mass is 16.5. The van der Waals surface area contributed by atoms with Crippen molar-refractivity contribution >= 4 is 0 Å². The Hall–Kier alpha value is -1.24. The van der Waals surface area contributed by atoms with Crippen molar-refractivity contribution in [3.63, 3.8) is 0 Å². The molecule has 2 heterocycles. The highest BCUT2D eigenvalue weighted by Crippen LogP contribution is 2.87. The van der Waals surface area contributed by atoms with E-state index in [1.165, 1.54) is 56.9 Å². The van der Waals surface area contributed by atoms with Gasteiger partial charge in [-0.3, -0.25) is 4.90 Å². The molecule has 242 valence electrons. The zero-order chi connectivity index (χ0) is 30.3. The molecule has 2 saturated heterocycles. The first kappa shape index (κ1) is 30.1. The minimum absolute atomic E-state index is 0.0170. The number of fused-ring (bicyclic) bond motifs is 6. The predicted molar refractivity (Wildman–Crippen MR) is 173 cm³/mol. The van der Waals surface area contributed by atoms with E-state index in [4.69, 9.17) is 14.2 Å². The van der Waals surface area contributed by atoms with Gasteiger partial charge >= 0.3 is 0 Å². The summed E-state index contributed by atoms with van der Waals surface area (Å²) in [7, 11) is 0. The second kappa shape index (κ2) is 10.9. The number of piperidine rings is 1. The molecule has 0 bridgehead atoms. The number of aliphatic hydroxyl groups is 1. The minimum atomic E-state index is -0.217. The fraction of sp³-hybridized carbons (Fsp3) is 0.795. The van der Waals surface area contributed by atoms with Crippen LogP contribution in [0.4, 0.5) is 0 Å². The third kappa shape index (κ3) is 4.35. The van der Waals surface area contributed by atoms with Gasteiger partial charge in [0.2, 0.25) is 0 Å². The lowest BCUT2D eigenvalue weighted by Crippen LogP contribution is -2.55. The molecule has 5 nitrogen and oxygen atoms in total. The third-order valence-electron chi connectivity index (χ3n) is 15.0. The van der Waals surface area contributed by atoms with Crippen LogP contribution >= 0.6 is 0 Å². The number of hydrogen-bond acceptors (Lipinski definition) is 5. The van der Waals surface area contributed by atoms with Crippen LogP contribution in [0.1, 0.15) is 91.0 Å². The molecule has 1 N–H and O–H groups in total. The fourth-order valence-electron chi connectivity index (χ4n) is 12.9. The summed E-state index contributed by atoms with van der Waals surface area (Å²) in [6.07, 6.45) is 13.7. The second-order valence-electron chi connectivity index (χ2n) is 16.9. The van der Waals surface area contributed by atoms with Crippen LogP contribution in [-0.4, -0.2) is 66.8 Å². The zero-order valence-corrected chi connectivity index (χ0v) is 27.8. The van der Waals surface area contributed by atoms with Gasteiger partial charge in [-0.2, -0.15) is 0 Å². The Morgan fingerprint density at radius 2 is 1.80 bits per heavy atom. The van der Waals surface area contributed by atoms with E-state index in [1.807, 2.05) is 6.07 Å². The van der Waals surface area contributed by atoms with Gasteiger partial charge in [0, 0.05) is 30.5 Å². The lowest BCUT2D eigenvalue weighted by Gasteiger charge is -2.50. The molecule has 1 aromatic rings. The van der Waals surface area contributed by atoms with E-state index < -0.39 is 0 Å². The molecule has 0 radical (unpaired) electrons. The SMILES string of the molecule is C[C@H]1C[C@H]2O[C@]3(CC[C@H]4[C@@H]5CCC6=CC(O)CC[C@]6(C)[C@H]5CC45CC53C)[C@H](C)[C@@H]2N(CCOCCOCc2ccccc2)C1. The van der Waals surface area contributed by atoms with E-state index >= 15 is 0 Å². The van der Waals surface area contributed by atoms with Gasteiger partial charge in [0.15, 0.2) is 0 Å². The molecule has 8 rings (SSSR count). The molecule has 0 amide bonds. The monoisotopic (exact) mass is 603 g/mol. The summed E-state index contributed by atoms with van der Waals surface area (Å²) >= 11 is 0. The van der Waals surface area contributed by atoms with Gasteiger partial charge in [0.25, 0.3) is 0 Å². The molecule has 1 aromatic carbocycles. The van der Waals surface area contributed by atoms with Gasteiger partial charge in [0.1, 0.15) is 0 Å². The first-order valence-corrected chi connectivity index (χ1v) is 18.2. The van der Waals surface area contributed by atoms with Crippen LogP contribution < -0.4 is 0 Å². The molecule has 2 spiro atoms. The van der Waals surface area contributed by atoms with Crippen molar-refractivity contribution in [1.29, 1.82) is 0 Å². The Balaban J connectivity index is 0.936. The van der Waals surface area contributed by atoms with Crippen LogP contribution in [0.5, 0.6) is 0 Å². The largest absolute Gasteiger partial charge is 0.389 e. The topological polar surface area (TPSA) is 51.2 Å². The highest BCUT2D eigenvalue weighted by Gasteiger charge is 2.84. The van der Waals surface area contributed by atoms with Crippen LogP contribution in [0, 0.1) is 45.8 Å². The molecule has 4 saturated carbocycles. The van der Waals surface area contributed by atoms with Gasteiger partial charge < -0.3 is 19.3 Å². The average molecular weight is 604 g/mol. The summed E-state index contributed by atoms with van der Waals surface area (Å²) in [6, 6.07) is 10.9. The number of hydrogen-bond donors (Lipinski definition) is 1. The standard InChI is InChI=1S/C39H57NO4/c1-26-20-34-35(40(23-26)16-17-42-18-19-43-24-28-8-6-5-7-9-28)27(2)39(44-34)15-13-32-31-11-10-29-21-30(41)12-14-36(29,3)33(31)22-38(32)25-37(38,39)4/h5-9,21,26-27,30-35,41H,10-20,22-25H2,1-4H3/t26-,27+,30?,31-,32-,33-,34+,35-,36-,37?,38?,39+/m0/s1. The van der Waals surface area contributed by atoms with Gasteiger partial charge in [0.05, 0.1) is 44.2 Å². The summed E-state index contributed by atoms with van der Waals surface area (Å²) in [5.74, 6) is 3.75. The van der Waals surface area contributed by atoms with Crippen molar-refractivity contribution < 1.29 is 19.3 Å². The van der Waals surface area contributed by atoms with Crippen LogP contribution in [0.2, 0.25) is 0 Å². The molecular weight excluding hydrogens is 546 g/mol. The van der Waals surface area contributed by atoms with Crippen molar-refractivity contribution in [2.45, 2.75) is 116 Å². The maximum Gasteiger partial charge on any atom is 0.0787 e. The van der Waals surface area contributed by atoms with Crippen molar-refractivity contribution in [1.82, 2.24) is 4.90 Å². The fourth-order valence-corrected chi connectivity index (χ4v) is 12.9. The summed E-state index contributed by atoms with van der Waals surface area (Å²) in [5.41, 5.74) is 3.90. The number of allylic oxidation sites excluding steroid dienone is 1. The molecule has 6 fully saturated rings. The maximum atomic E-state index is 10.5. The lowest BCUT2D eigenvalue weighted by molar-refractivity contribution is -0.148. The van der Waals surface area contributed by atoms with E-state index in [0.29, 0.717) is 60.0 Å². The second-order valence-corrected chi connectivity index (χ2v) is 16.9. The smallest absolute Gasteiger partial charge is 0.0787 e. The molecule has 2 aliphatic heterocycles. The molecule has 0 aromatic heterocycles. The van der Waals surface area contributed by atoms with Crippen LogP contribution in [0.15, 0.2) is 42.0 Å². The van der Waals surface area contributed by atoms with Gasteiger partial charge in [-0.15, -0.1) is 0 Å². The molecule has 12 atom stereocenters. The van der Waals surface area contributed by atoms with Crippen molar-refractivity contribution in [3.8, 4) is 0 Å². The maximum absolute atomic E-state index is 10.5. The first-order valence-electron chi connectivity index (χ1n) is 18.2. The Morgan fingerprint density at radius 3 is 2.64 bits per heavy atom. The molecular formula is C39H57NO4. The normalized spacial score (nSPS) is 49.1.